The highest BCUT2D eigenvalue weighted by Crippen LogP contribution is 2.30. The number of likely N-dealkylation sites (tertiary alicyclic amines) is 1. The van der Waals surface area contributed by atoms with E-state index in [1.165, 1.54) is 42.6 Å². The number of hydrogen-bond donors (Lipinski definition) is 1. The highest BCUT2D eigenvalue weighted by Gasteiger charge is 2.15. The maximum Gasteiger partial charge on any atom is 0.161 e. The van der Waals surface area contributed by atoms with Gasteiger partial charge in [-0.3, -0.25) is 4.90 Å². The third-order valence-corrected chi connectivity index (χ3v) is 5.57. The van der Waals surface area contributed by atoms with E-state index in [4.69, 9.17) is 9.47 Å². The largest absolute Gasteiger partial charge is 0.486 e. The van der Waals surface area contributed by atoms with Gasteiger partial charge in [-0.2, -0.15) is 0 Å². The van der Waals surface area contributed by atoms with Crippen LogP contribution in [0.4, 0.5) is 0 Å². The van der Waals surface area contributed by atoms with Gasteiger partial charge in [0.25, 0.3) is 0 Å². The summed E-state index contributed by atoms with van der Waals surface area (Å²) in [7, 11) is 0. The van der Waals surface area contributed by atoms with Crippen molar-refractivity contribution in [2.24, 2.45) is 5.92 Å². The zero-order valence-corrected chi connectivity index (χ0v) is 16.2. The first-order valence-electron chi connectivity index (χ1n) is 10.2. The van der Waals surface area contributed by atoms with E-state index in [0.29, 0.717) is 13.2 Å². The number of fused-ring (bicyclic) bond motifs is 1. The van der Waals surface area contributed by atoms with Crippen molar-refractivity contribution in [3.05, 3.63) is 59.2 Å². The lowest BCUT2D eigenvalue weighted by Gasteiger charge is -2.30. The second-order valence-electron chi connectivity index (χ2n) is 7.86. The van der Waals surface area contributed by atoms with E-state index in [1.807, 2.05) is 6.07 Å². The SMILES string of the molecule is CC1CCN(Cc2ccc(CNCc3ccc4c(c3)OCCO4)cc2)CC1. The molecule has 2 aliphatic heterocycles. The van der Waals surface area contributed by atoms with Crippen LogP contribution in [-0.4, -0.2) is 31.2 Å². The van der Waals surface area contributed by atoms with E-state index in [0.717, 1.165) is 37.1 Å². The number of hydrogen-bond acceptors (Lipinski definition) is 4. The van der Waals surface area contributed by atoms with E-state index in [9.17, 15) is 0 Å². The second kappa shape index (κ2) is 8.77. The van der Waals surface area contributed by atoms with Crippen molar-refractivity contribution in [3.63, 3.8) is 0 Å². The van der Waals surface area contributed by atoms with Crippen molar-refractivity contribution < 1.29 is 9.47 Å². The molecular weight excluding hydrogens is 336 g/mol. The molecule has 0 unspecified atom stereocenters. The third-order valence-electron chi connectivity index (χ3n) is 5.57. The molecule has 1 saturated heterocycles. The van der Waals surface area contributed by atoms with Crippen LogP contribution in [0, 0.1) is 5.92 Å². The van der Waals surface area contributed by atoms with Gasteiger partial charge in [0.05, 0.1) is 0 Å². The number of piperidine rings is 1. The van der Waals surface area contributed by atoms with Crippen LogP contribution in [-0.2, 0) is 19.6 Å². The molecule has 1 fully saturated rings. The fourth-order valence-corrected chi connectivity index (χ4v) is 3.79. The minimum absolute atomic E-state index is 0.632. The van der Waals surface area contributed by atoms with E-state index < -0.39 is 0 Å². The first kappa shape index (κ1) is 18.3. The molecule has 0 saturated carbocycles. The van der Waals surface area contributed by atoms with Gasteiger partial charge in [0, 0.05) is 19.6 Å². The summed E-state index contributed by atoms with van der Waals surface area (Å²) >= 11 is 0. The summed E-state index contributed by atoms with van der Waals surface area (Å²) in [5, 5.41) is 3.52. The molecule has 0 aliphatic carbocycles. The highest BCUT2D eigenvalue weighted by atomic mass is 16.6. The van der Waals surface area contributed by atoms with Gasteiger partial charge in [-0.1, -0.05) is 37.3 Å². The van der Waals surface area contributed by atoms with Crippen LogP contribution in [0.5, 0.6) is 11.5 Å². The monoisotopic (exact) mass is 366 g/mol. The first-order chi connectivity index (χ1) is 13.3. The van der Waals surface area contributed by atoms with Gasteiger partial charge < -0.3 is 14.8 Å². The molecule has 0 amide bonds. The van der Waals surface area contributed by atoms with Crippen molar-refractivity contribution in [2.75, 3.05) is 26.3 Å². The van der Waals surface area contributed by atoms with Gasteiger partial charge >= 0.3 is 0 Å². The lowest BCUT2D eigenvalue weighted by Crippen LogP contribution is -2.32. The van der Waals surface area contributed by atoms with E-state index in [2.05, 4.69) is 53.5 Å². The molecule has 2 heterocycles. The summed E-state index contributed by atoms with van der Waals surface area (Å²) in [6.45, 7) is 8.88. The zero-order chi connectivity index (χ0) is 18.5. The predicted molar refractivity (Wildman–Crippen MR) is 108 cm³/mol. The van der Waals surface area contributed by atoms with Gasteiger partial charge in [-0.05, 0) is 60.7 Å². The average molecular weight is 367 g/mol. The van der Waals surface area contributed by atoms with Gasteiger partial charge in [0.15, 0.2) is 11.5 Å². The zero-order valence-electron chi connectivity index (χ0n) is 16.2. The minimum Gasteiger partial charge on any atom is -0.486 e. The number of benzene rings is 2. The van der Waals surface area contributed by atoms with Gasteiger partial charge in [0.2, 0.25) is 0 Å². The van der Waals surface area contributed by atoms with Crippen molar-refractivity contribution in [3.8, 4) is 11.5 Å². The number of ether oxygens (including phenoxy) is 2. The smallest absolute Gasteiger partial charge is 0.161 e. The van der Waals surface area contributed by atoms with Crippen LogP contribution in [0.3, 0.4) is 0 Å². The maximum absolute atomic E-state index is 5.65. The van der Waals surface area contributed by atoms with Crippen LogP contribution >= 0.6 is 0 Å². The molecule has 0 spiro atoms. The molecule has 144 valence electrons. The number of nitrogens with zero attached hydrogens (tertiary/aromatic N) is 1. The van der Waals surface area contributed by atoms with Crippen LogP contribution in [0.2, 0.25) is 0 Å². The molecule has 27 heavy (non-hydrogen) atoms. The van der Waals surface area contributed by atoms with Gasteiger partial charge in [0.1, 0.15) is 13.2 Å². The Morgan fingerprint density at radius 3 is 2.26 bits per heavy atom. The third kappa shape index (κ3) is 5.02. The maximum atomic E-state index is 5.65. The fraction of sp³-hybridized carbons (Fsp3) is 0.478. The Balaban J connectivity index is 1.24. The molecule has 2 aromatic rings. The summed E-state index contributed by atoms with van der Waals surface area (Å²) in [6, 6.07) is 15.2. The first-order valence-corrected chi connectivity index (χ1v) is 10.2. The molecule has 4 rings (SSSR count). The standard InChI is InChI=1S/C23H30N2O2/c1-18-8-10-25(11-9-18)17-20-4-2-19(3-5-20)15-24-16-21-6-7-22-23(14-21)27-13-12-26-22/h2-7,14,18,24H,8-13,15-17H2,1H3. The van der Waals surface area contributed by atoms with Crippen LogP contribution < -0.4 is 14.8 Å². The molecule has 1 N–H and O–H groups in total. The molecule has 0 atom stereocenters. The van der Waals surface area contributed by atoms with Crippen molar-refractivity contribution >= 4 is 0 Å². The summed E-state index contributed by atoms with van der Waals surface area (Å²) in [5.41, 5.74) is 3.96. The lowest BCUT2D eigenvalue weighted by molar-refractivity contribution is 0.171. The Kier molecular flexibility index (Phi) is 5.95. The van der Waals surface area contributed by atoms with Crippen LogP contribution in [0.25, 0.3) is 0 Å². The Hall–Kier alpha value is -2.04. The quantitative estimate of drug-likeness (QED) is 0.838. The number of rotatable bonds is 6. The molecular formula is C23H30N2O2. The summed E-state index contributed by atoms with van der Waals surface area (Å²) in [6.07, 6.45) is 2.67. The Morgan fingerprint density at radius 2 is 1.48 bits per heavy atom. The van der Waals surface area contributed by atoms with E-state index in [1.54, 1.807) is 0 Å². The molecule has 4 nitrogen and oxygen atoms in total. The molecule has 4 heteroatoms. The normalized spacial score (nSPS) is 17.8. The van der Waals surface area contributed by atoms with E-state index in [-0.39, 0.29) is 0 Å². The second-order valence-corrected chi connectivity index (χ2v) is 7.86. The van der Waals surface area contributed by atoms with Gasteiger partial charge in [-0.25, -0.2) is 0 Å². The summed E-state index contributed by atoms with van der Waals surface area (Å²) in [4.78, 5) is 2.58. The molecule has 0 radical (unpaired) electrons. The van der Waals surface area contributed by atoms with Crippen LogP contribution in [0.1, 0.15) is 36.5 Å². The lowest BCUT2D eigenvalue weighted by atomic mass is 9.99. The molecule has 0 bridgehead atoms. The summed E-state index contributed by atoms with van der Waals surface area (Å²) in [5.74, 6) is 2.60. The Morgan fingerprint density at radius 1 is 0.852 bits per heavy atom. The average Bonchev–Trinajstić information content (AvgIpc) is 2.71. The topological polar surface area (TPSA) is 33.7 Å². The highest BCUT2D eigenvalue weighted by molar-refractivity contribution is 5.43. The Bertz CT molecular complexity index is 737. The van der Waals surface area contributed by atoms with Crippen molar-refractivity contribution in [1.29, 1.82) is 0 Å². The molecule has 2 aromatic carbocycles. The molecule has 0 aromatic heterocycles. The van der Waals surface area contributed by atoms with Crippen molar-refractivity contribution in [1.82, 2.24) is 10.2 Å². The van der Waals surface area contributed by atoms with Gasteiger partial charge in [-0.15, -0.1) is 0 Å². The molecule has 2 aliphatic rings. The predicted octanol–water partition coefficient (Wildman–Crippen LogP) is 3.98. The van der Waals surface area contributed by atoms with Crippen LogP contribution in [0.15, 0.2) is 42.5 Å². The summed E-state index contributed by atoms with van der Waals surface area (Å²) < 4.78 is 11.2. The van der Waals surface area contributed by atoms with E-state index >= 15 is 0 Å². The Labute approximate surface area is 162 Å². The number of nitrogens with one attached hydrogen (secondary N) is 1. The fourth-order valence-electron chi connectivity index (χ4n) is 3.79. The van der Waals surface area contributed by atoms with Crippen molar-refractivity contribution in [2.45, 2.75) is 39.4 Å². The minimum atomic E-state index is 0.632.